The SMILES string of the molecule is Cc1cc(N=S(C)(C)=O)cc2ncnc(Cc3ccc(C#N)cc3OC3CCOCC3)c12. The van der Waals surface area contributed by atoms with Gasteiger partial charge in [-0.1, -0.05) is 6.07 Å². The average molecular weight is 451 g/mol. The zero-order valence-electron chi connectivity index (χ0n) is 18.5. The van der Waals surface area contributed by atoms with E-state index in [1.807, 2.05) is 25.1 Å². The Morgan fingerprint density at radius 3 is 2.72 bits per heavy atom. The fourth-order valence-electron chi connectivity index (χ4n) is 3.93. The van der Waals surface area contributed by atoms with Crippen molar-refractivity contribution in [2.45, 2.75) is 32.3 Å². The first-order valence-electron chi connectivity index (χ1n) is 10.5. The molecule has 3 aromatic rings. The van der Waals surface area contributed by atoms with E-state index in [0.717, 1.165) is 40.6 Å². The average Bonchev–Trinajstić information content (AvgIpc) is 2.74. The van der Waals surface area contributed by atoms with Crippen LogP contribution in [0.25, 0.3) is 10.9 Å². The first-order chi connectivity index (χ1) is 15.3. The first kappa shape index (κ1) is 22.2. The van der Waals surface area contributed by atoms with Gasteiger partial charge in [0.2, 0.25) is 0 Å². The van der Waals surface area contributed by atoms with Crippen molar-refractivity contribution >= 4 is 26.3 Å². The van der Waals surface area contributed by atoms with E-state index in [9.17, 15) is 9.47 Å². The number of hydrogen-bond acceptors (Lipinski definition) is 7. The van der Waals surface area contributed by atoms with Crippen molar-refractivity contribution in [3.05, 3.63) is 59.0 Å². The number of ether oxygens (including phenoxy) is 2. The van der Waals surface area contributed by atoms with Crippen LogP contribution in [0.15, 0.2) is 41.0 Å². The highest BCUT2D eigenvalue weighted by atomic mass is 32.2. The van der Waals surface area contributed by atoms with Crippen LogP contribution in [0.4, 0.5) is 5.69 Å². The second-order valence-corrected chi connectivity index (χ2v) is 10.8. The Balaban J connectivity index is 1.73. The number of nitriles is 1. The summed E-state index contributed by atoms with van der Waals surface area (Å²) in [6.45, 7) is 3.35. The maximum atomic E-state index is 12.1. The molecule has 8 heteroatoms. The third kappa shape index (κ3) is 5.23. The van der Waals surface area contributed by atoms with E-state index in [2.05, 4.69) is 20.4 Å². The van der Waals surface area contributed by atoms with Crippen molar-refractivity contribution < 1.29 is 13.7 Å². The Hall–Kier alpha value is -3.02. The molecule has 0 N–H and O–H groups in total. The molecule has 0 unspecified atom stereocenters. The summed E-state index contributed by atoms with van der Waals surface area (Å²) in [6, 6.07) is 11.5. The molecule has 0 spiro atoms. The van der Waals surface area contributed by atoms with Gasteiger partial charge in [0.25, 0.3) is 0 Å². The highest BCUT2D eigenvalue weighted by Gasteiger charge is 2.19. The van der Waals surface area contributed by atoms with E-state index >= 15 is 0 Å². The highest BCUT2D eigenvalue weighted by molar-refractivity contribution is 7.92. The molecule has 2 aromatic carbocycles. The monoisotopic (exact) mass is 450 g/mol. The van der Waals surface area contributed by atoms with Crippen LogP contribution in [0, 0.1) is 18.3 Å². The quantitative estimate of drug-likeness (QED) is 0.574. The lowest BCUT2D eigenvalue weighted by atomic mass is 10.00. The summed E-state index contributed by atoms with van der Waals surface area (Å²) in [5.41, 5.74) is 4.78. The van der Waals surface area contributed by atoms with Gasteiger partial charge in [0.05, 0.1) is 41.7 Å². The van der Waals surface area contributed by atoms with Gasteiger partial charge in [0.1, 0.15) is 18.2 Å². The molecule has 0 saturated carbocycles. The summed E-state index contributed by atoms with van der Waals surface area (Å²) in [4.78, 5) is 8.99. The van der Waals surface area contributed by atoms with Gasteiger partial charge in [-0.25, -0.2) is 14.2 Å². The molecule has 0 bridgehead atoms. The molecule has 0 amide bonds. The van der Waals surface area contributed by atoms with Gasteiger partial charge < -0.3 is 9.47 Å². The number of hydrogen-bond donors (Lipinski definition) is 0. The predicted molar refractivity (Wildman–Crippen MR) is 125 cm³/mol. The number of rotatable bonds is 5. The van der Waals surface area contributed by atoms with E-state index < -0.39 is 9.73 Å². The maximum absolute atomic E-state index is 12.1. The maximum Gasteiger partial charge on any atom is 0.124 e. The first-order valence-corrected chi connectivity index (χ1v) is 12.8. The second kappa shape index (κ2) is 9.23. The largest absolute Gasteiger partial charge is 0.490 e. The van der Waals surface area contributed by atoms with Gasteiger partial charge in [-0.2, -0.15) is 9.62 Å². The number of nitrogens with zero attached hydrogens (tertiary/aromatic N) is 4. The van der Waals surface area contributed by atoms with Crippen LogP contribution >= 0.6 is 0 Å². The summed E-state index contributed by atoms with van der Waals surface area (Å²) in [5, 5.41) is 10.3. The Morgan fingerprint density at radius 1 is 1.22 bits per heavy atom. The van der Waals surface area contributed by atoms with Crippen molar-refractivity contribution in [2.75, 3.05) is 25.7 Å². The van der Waals surface area contributed by atoms with Crippen LogP contribution < -0.4 is 4.74 Å². The lowest BCUT2D eigenvalue weighted by Crippen LogP contribution is -2.26. The Labute approximate surface area is 188 Å². The molecule has 7 nitrogen and oxygen atoms in total. The highest BCUT2D eigenvalue weighted by Crippen LogP contribution is 2.31. The molecule has 0 atom stereocenters. The van der Waals surface area contributed by atoms with Crippen LogP contribution in [0.2, 0.25) is 0 Å². The minimum Gasteiger partial charge on any atom is -0.490 e. The van der Waals surface area contributed by atoms with E-state index in [4.69, 9.17) is 9.47 Å². The van der Waals surface area contributed by atoms with Gasteiger partial charge in [-0.05, 0) is 36.8 Å². The van der Waals surface area contributed by atoms with Gasteiger partial charge in [-0.3, -0.25) is 0 Å². The molecule has 1 aliphatic rings. The van der Waals surface area contributed by atoms with E-state index in [0.29, 0.717) is 36.6 Å². The van der Waals surface area contributed by atoms with Crippen LogP contribution in [-0.2, 0) is 20.9 Å². The third-order valence-corrected chi connectivity index (χ3v) is 5.99. The van der Waals surface area contributed by atoms with Crippen molar-refractivity contribution in [3.8, 4) is 11.8 Å². The zero-order chi connectivity index (χ0) is 22.7. The lowest BCUT2D eigenvalue weighted by molar-refractivity contribution is 0.0252. The molecular formula is C24H26N4O3S. The topological polar surface area (TPSA) is 97.5 Å². The van der Waals surface area contributed by atoms with Crippen LogP contribution in [0.5, 0.6) is 5.75 Å². The fraction of sp³-hybridized carbons (Fsp3) is 0.375. The van der Waals surface area contributed by atoms with Crippen LogP contribution in [0.1, 0.15) is 35.2 Å². The minimum atomic E-state index is -2.27. The Bertz CT molecular complexity index is 1310. The molecule has 166 valence electrons. The molecule has 1 aliphatic heterocycles. The van der Waals surface area contributed by atoms with Gasteiger partial charge in [0.15, 0.2) is 0 Å². The molecule has 0 aliphatic carbocycles. The van der Waals surface area contributed by atoms with E-state index in [1.165, 1.54) is 0 Å². The molecule has 2 heterocycles. The lowest BCUT2D eigenvalue weighted by Gasteiger charge is -2.24. The molecular weight excluding hydrogens is 424 g/mol. The fourth-order valence-corrected chi connectivity index (χ4v) is 4.54. The molecule has 1 saturated heterocycles. The van der Waals surface area contributed by atoms with Crippen LogP contribution in [-0.4, -0.2) is 46.0 Å². The molecule has 1 fully saturated rings. The molecule has 0 radical (unpaired) electrons. The van der Waals surface area contributed by atoms with Gasteiger partial charge >= 0.3 is 0 Å². The number of fused-ring (bicyclic) bond motifs is 1. The number of benzene rings is 2. The van der Waals surface area contributed by atoms with Gasteiger partial charge in [0, 0.05) is 52.5 Å². The van der Waals surface area contributed by atoms with Crippen molar-refractivity contribution in [1.29, 1.82) is 5.26 Å². The van der Waals surface area contributed by atoms with Crippen molar-refractivity contribution in [3.63, 3.8) is 0 Å². The van der Waals surface area contributed by atoms with Crippen molar-refractivity contribution in [2.24, 2.45) is 4.36 Å². The Morgan fingerprint density at radius 2 is 2.00 bits per heavy atom. The van der Waals surface area contributed by atoms with Crippen molar-refractivity contribution in [1.82, 2.24) is 9.97 Å². The Kier molecular flexibility index (Phi) is 6.40. The van der Waals surface area contributed by atoms with Crippen LogP contribution in [0.3, 0.4) is 0 Å². The van der Waals surface area contributed by atoms with E-state index in [-0.39, 0.29) is 6.10 Å². The molecule has 4 rings (SSSR count). The summed E-state index contributed by atoms with van der Waals surface area (Å²) in [7, 11) is -2.27. The molecule has 1 aromatic heterocycles. The normalized spacial score (nSPS) is 14.8. The second-order valence-electron chi connectivity index (χ2n) is 8.29. The smallest absolute Gasteiger partial charge is 0.124 e. The third-order valence-electron chi connectivity index (χ3n) is 5.34. The zero-order valence-corrected chi connectivity index (χ0v) is 19.3. The summed E-state index contributed by atoms with van der Waals surface area (Å²) in [6.07, 6.45) is 7.04. The van der Waals surface area contributed by atoms with Gasteiger partial charge in [-0.15, -0.1) is 0 Å². The molecule has 32 heavy (non-hydrogen) atoms. The predicted octanol–water partition coefficient (Wildman–Crippen LogP) is 4.32. The number of aromatic nitrogens is 2. The summed E-state index contributed by atoms with van der Waals surface area (Å²) < 4.78 is 28.2. The van der Waals surface area contributed by atoms with E-state index in [1.54, 1.807) is 31.0 Å². The minimum absolute atomic E-state index is 0.0717. The summed E-state index contributed by atoms with van der Waals surface area (Å²) in [5.74, 6) is 0.712. The standard InChI is InChI=1S/C24H26N4O3S/c1-16-10-19(28-32(2,3)29)13-22-24(16)21(26-15-27-22)12-18-5-4-17(14-25)11-23(18)31-20-6-8-30-9-7-20/h4-5,10-11,13,15,20H,6-9,12H2,1-3H3. The summed E-state index contributed by atoms with van der Waals surface area (Å²) >= 11 is 0. The number of aryl methyl sites for hydroxylation is 1.